The number of hydrogen-bond acceptors (Lipinski definition) is 4. The molecule has 0 radical (unpaired) electrons. The minimum atomic E-state index is -3.95. The largest absolute Gasteiger partial charge is 0.271 e. The lowest BCUT2D eigenvalue weighted by Crippen LogP contribution is -2.39. The number of nitrogens with zero attached hydrogens (tertiary/aromatic N) is 2. The van der Waals surface area contributed by atoms with Gasteiger partial charge in [0.05, 0.1) is 16.8 Å². The van der Waals surface area contributed by atoms with Crippen LogP contribution in [0.15, 0.2) is 93.3 Å². The molecule has 0 spiro atoms. The standard InChI is InChI=1S/C24H24BrN3O3S/c1-18(2)19-12-14-21(15-13-19)28(32(30,31)22-9-4-3-5-10-22)17-24(29)27-26-16-20-8-6-7-11-23(20)25/h3-16,18H,17H2,1-2H3,(H,27,29)/b26-16+. The predicted octanol–water partition coefficient (Wildman–Crippen LogP) is 4.92. The van der Waals surface area contributed by atoms with Crippen LogP contribution < -0.4 is 9.73 Å². The monoisotopic (exact) mass is 513 g/mol. The van der Waals surface area contributed by atoms with Crippen molar-refractivity contribution >= 4 is 43.8 Å². The summed E-state index contributed by atoms with van der Waals surface area (Å²) in [5, 5.41) is 3.97. The molecule has 1 N–H and O–H groups in total. The highest BCUT2D eigenvalue weighted by molar-refractivity contribution is 9.10. The number of carbonyl (C=O) groups is 1. The molecule has 3 rings (SSSR count). The highest BCUT2D eigenvalue weighted by atomic mass is 79.9. The van der Waals surface area contributed by atoms with Gasteiger partial charge in [0.25, 0.3) is 15.9 Å². The molecule has 0 unspecified atom stereocenters. The number of halogens is 1. The van der Waals surface area contributed by atoms with E-state index in [2.05, 4.69) is 40.3 Å². The maximum Gasteiger partial charge on any atom is 0.264 e. The van der Waals surface area contributed by atoms with E-state index in [1.807, 2.05) is 36.4 Å². The zero-order chi connectivity index (χ0) is 23.1. The third kappa shape index (κ3) is 5.83. The number of anilines is 1. The molecule has 1 amide bonds. The molecule has 0 atom stereocenters. The number of benzene rings is 3. The number of rotatable bonds is 8. The van der Waals surface area contributed by atoms with Crippen molar-refractivity contribution < 1.29 is 13.2 Å². The highest BCUT2D eigenvalue weighted by Crippen LogP contribution is 2.25. The van der Waals surface area contributed by atoms with Gasteiger partial charge in [-0.1, -0.05) is 78.3 Å². The first-order chi connectivity index (χ1) is 15.3. The second-order valence-corrected chi connectivity index (χ2v) is 10.1. The highest BCUT2D eigenvalue weighted by Gasteiger charge is 2.27. The van der Waals surface area contributed by atoms with Crippen LogP contribution in [0.2, 0.25) is 0 Å². The molecule has 0 aliphatic carbocycles. The zero-order valence-electron chi connectivity index (χ0n) is 17.8. The van der Waals surface area contributed by atoms with Gasteiger partial charge in [0, 0.05) is 10.0 Å². The normalized spacial score (nSPS) is 11.6. The van der Waals surface area contributed by atoms with Gasteiger partial charge in [0.1, 0.15) is 6.54 Å². The lowest BCUT2D eigenvalue weighted by Gasteiger charge is -2.24. The Morgan fingerprint density at radius 2 is 1.62 bits per heavy atom. The summed E-state index contributed by atoms with van der Waals surface area (Å²) in [6.07, 6.45) is 1.50. The Labute approximate surface area is 197 Å². The van der Waals surface area contributed by atoms with Gasteiger partial charge in [0.15, 0.2) is 0 Å². The molecule has 0 aromatic heterocycles. The average Bonchev–Trinajstić information content (AvgIpc) is 2.79. The van der Waals surface area contributed by atoms with Gasteiger partial charge in [-0.25, -0.2) is 13.8 Å². The van der Waals surface area contributed by atoms with Crippen LogP contribution in [0.3, 0.4) is 0 Å². The molecule has 0 heterocycles. The van der Waals surface area contributed by atoms with Gasteiger partial charge >= 0.3 is 0 Å². The minimum Gasteiger partial charge on any atom is -0.271 e. The van der Waals surface area contributed by atoms with Crippen molar-refractivity contribution in [3.63, 3.8) is 0 Å². The number of hydrogen-bond donors (Lipinski definition) is 1. The van der Waals surface area contributed by atoms with Gasteiger partial charge in [-0.05, 0) is 41.8 Å². The van der Waals surface area contributed by atoms with Crippen molar-refractivity contribution in [1.82, 2.24) is 5.43 Å². The molecule has 0 bridgehead atoms. The van der Waals surface area contributed by atoms with E-state index < -0.39 is 22.5 Å². The van der Waals surface area contributed by atoms with Crippen molar-refractivity contribution in [1.29, 1.82) is 0 Å². The third-order valence-corrected chi connectivity index (χ3v) is 7.27. The molecule has 0 aliphatic rings. The van der Waals surface area contributed by atoms with E-state index in [1.165, 1.54) is 18.3 Å². The summed E-state index contributed by atoms with van der Waals surface area (Å²) < 4.78 is 28.6. The Hall–Kier alpha value is -2.97. The Morgan fingerprint density at radius 3 is 2.25 bits per heavy atom. The summed E-state index contributed by atoms with van der Waals surface area (Å²) in [7, 11) is -3.95. The Kier molecular flexibility index (Phi) is 7.82. The molecule has 8 heteroatoms. The van der Waals surface area contributed by atoms with Crippen LogP contribution in [-0.2, 0) is 14.8 Å². The number of amides is 1. The summed E-state index contributed by atoms with van der Waals surface area (Å²) in [4.78, 5) is 12.7. The SMILES string of the molecule is CC(C)c1ccc(N(CC(=O)N/N=C/c2ccccc2Br)S(=O)(=O)c2ccccc2)cc1. The number of hydrazone groups is 1. The van der Waals surface area contributed by atoms with Crippen molar-refractivity contribution in [2.75, 3.05) is 10.8 Å². The summed E-state index contributed by atoms with van der Waals surface area (Å²) in [5.74, 6) is -0.251. The van der Waals surface area contributed by atoms with Crippen LogP contribution in [0.4, 0.5) is 5.69 Å². The fraction of sp³-hybridized carbons (Fsp3) is 0.167. The first kappa shape index (κ1) is 23.7. The molecular formula is C24H24BrN3O3S. The van der Waals surface area contributed by atoms with Gasteiger partial charge in [-0.15, -0.1) is 0 Å². The van der Waals surface area contributed by atoms with Crippen molar-refractivity contribution in [3.8, 4) is 0 Å². The van der Waals surface area contributed by atoms with Crippen LogP contribution in [0.5, 0.6) is 0 Å². The molecule has 32 heavy (non-hydrogen) atoms. The van der Waals surface area contributed by atoms with E-state index >= 15 is 0 Å². The van der Waals surface area contributed by atoms with Gasteiger partial charge in [-0.3, -0.25) is 9.10 Å². The maximum absolute atomic E-state index is 13.3. The molecule has 166 valence electrons. The summed E-state index contributed by atoms with van der Waals surface area (Å²) in [6, 6.07) is 22.6. The summed E-state index contributed by atoms with van der Waals surface area (Å²) in [6.45, 7) is 3.71. The van der Waals surface area contributed by atoms with Gasteiger partial charge in [0.2, 0.25) is 0 Å². The molecule has 0 fully saturated rings. The number of carbonyl (C=O) groups excluding carboxylic acids is 1. The topological polar surface area (TPSA) is 78.8 Å². The van der Waals surface area contributed by atoms with E-state index in [0.717, 1.165) is 19.9 Å². The summed E-state index contributed by atoms with van der Waals surface area (Å²) in [5.41, 5.74) is 4.68. The fourth-order valence-corrected chi connectivity index (χ4v) is 4.81. The fourth-order valence-electron chi connectivity index (χ4n) is 2.98. The maximum atomic E-state index is 13.3. The third-order valence-electron chi connectivity index (χ3n) is 4.76. The lowest BCUT2D eigenvalue weighted by molar-refractivity contribution is -0.119. The Morgan fingerprint density at radius 1 is 1.00 bits per heavy atom. The predicted molar refractivity (Wildman–Crippen MR) is 131 cm³/mol. The zero-order valence-corrected chi connectivity index (χ0v) is 20.2. The Balaban J connectivity index is 1.85. The van der Waals surface area contributed by atoms with Crippen molar-refractivity contribution in [2.45, 2.75) is 24.7 Å². The summed E-state index contributed by atoms with van der Waals surface area (Å²) >= 11 is 3.41. The van der Waals surface area contributed by atoms with E-state index in [0.29, 0.717) is 11.6 Å². The van der Waals surface area contributed by atoms with Crippen LogP contribution in [0, 0.1) is 0 Å². The quantitative estimate of drug-likeness (QED) is 0.343. The van der Waals surface area contributed by atoms with Crippen LogP contribution in [0.1, 0.15) is 30.9 Å². The van der Waals surface area contributed by atoms with Crippen molar-refractivity contribution in [3.05, 3.63) is 94.5 Å². The molecule has 6 nitrogen and oxygen atoms in total. The van der Waals surface area contributed by atoms with E-state index in [-0.39, 0.29) is 4.90 Å². The van der Waals surface area contributed by atoms with Gasteiger partial charge < -0.3 is 0 Å². The minimum absolute atomic E-state index is 0.109. The van der Waals surface area contributed by atoms with E-state index in [1.54, 1.807) is 30.3 Å². The van der Waals surface area contributed by atoms with Crippen LogP contribution in [-0.4, -0.2) is 27.1 Å². The number of sulfonamides is 1. The van der Waals surface area contributed by atoms with Gasteiger partial charge in [-0.2, -0.15) is 5.10 Å². The number of nitrogens with one attached hydrogen (secondary N) is 1. The second-order valence-electron chi connectivity index (χ2n) is 7.39. The first-order valence-electron chi connectivity index (χ1n) is 10.0. The molecule has 3 aromatic carbocycles. The average molecular weight is 514 g/mol. The van der Waals surface area contributed by atoms with Crippen LogP contribution >= 0.6 is 15.9 Å². The Bertz CT molecular complexity index is 1190. The molecular weight excluding hydrogens is 490 g/mol. The molecule has 0 aliphatic heterocycles. The molecule has 0 saturated carbocycles. The van der Waals surface area contributed by atoms with E-state index in [4.69, 9.17) is 0 Å². The lowest BCUT2D eigenvalue weighted by atomic mass is 10.0. The van der Waals surface area contributed by atoms with E-state index in [9.17, 15) is 13.2 Å². The smallest absolute Gasteiger partial charge is 0.264 e. The molecule has 3 aromatic rings. The first-order valence-corrected chi connectivity index (χ1v) is 12.3. The van der Waals surface area contributed by atoms with Crippen molar-refractivity contribution in [2.24, 2.45) is 5.10 Å². The van der Waals surface area contributed by atoms with Crippen LogP contribution in [0.25, 0.3) is 0 Å². The second kappa shape index (κ2) is 10.6. The molecule has 0 saturated heterocycles.